The number of rotatable bonds is 5. The second-order valence-electron chi connectivity index (χ2n) is 6.22. The van der Waals surface area contributed by atoms with E-state index in [1.54, 1.807) is 11.3 Å². The average Bonchev–Trinajstić information content (AvgIpc) is 3.14. The van der Waals surface area contributed by atoms with E-state index in [4.69, 9.17) is 0 Å². The van der Waals surface area contributed by atoms with Gasteiger partial charge in [0.25, 0.3) is 0 Å². The van der Waals surface area contributed by atoms with Crippen LogP contribution < -0.4 is 10.6 Å². The summed E-state index contributed by atoms with van der Waals surface area (Å²) in [6, 6.07) is 13.5. The number of thiophene rings is 1. The molecule has 0 saturated carbocycles. The molecule has 1 atom stereocenters. The minimum atomic E-state index is 0. The van der Waals surface area contributed by atoms with Gasteiger partial charge in [-0.2, -0.15) is 0 Å². The fraction of sp³-hybridized carbons (Fsp3) is 0.421. The van der Waals surface area contributed by atoms with E-state index in [1.165, 1.54) is 16.0 Å². The molecule has 0 fully saturated rings. The van der Waals surface area contributed by atoms with Crippen LogP contribution in [0.5, 0.6) is 0 Å². The van der Waals surface area contributed by atoms with Crippen LogP contribution in [0, 0.1) is 0 Å². The lowest BCUT2D eigenvalue weighted by atomic mass is 9.99. The number of guanidine groups is 1. The molecule has 136 valence electrons. The van der Waals surface area contributed by atoms with Gasteiger partial charge in [-0.05, 0) is 35.9 Å². The highest BCUT2D eigenvalue weighted by Crippen LogP contribution is 2.19. The van der Waals surface area contributed by atoms with Crippen LogP contribution in [-0.2, 0) is 19.5 Å². The Morgan fingerprint density at radius 1 is 1.20 bits per heavy atom. The summed E-state index contributed by atoms with van der Waals surface area (Å²) in [6.07, 6.45) is 1.14. The normalized spacial score (nSPS) is 15.8. The molecular weight excluding hydrogens is 443 g/mol. The smallest absolute Gasteiger partial charge is 0.191 e. The van der Waals surface area contributed by atoms with Gasteiger partial charge in [-0.15, -0.1) is 35.3 Å². The van der Waals surface area contributed by atoms with Crippen molar-refractivity contribution in [2.75, 3.05) is 20.1 Å². The van der Waals surface area contributed by atoms with E-state index in [1.807, 2.05) is 7.05 Å². The molecule has 0 aliphatic carbocycles. The third-order valence-corrected chi connectivity index (χ3v) is 5.46. The van der Waals surface area contributed by atoms with Crippen molar-refractivity contribution in [1.29, 1.82) is 0 Å². The molecule has 1 aliphatic heterocycles. The largest absolute Gasteiger partial charge is 0.355 e. The van der Waals surface area contributed by atoms with Crippen LogP contribution in [-0.4, -0.2) is 37.0 Å². The van der Waals surface area contributed by atoms with E-state index in [2.05, 4.69) is 69.2 Å². The lowest BCUT2D eigenvalue weighted by Crippen LogP contribution is -2.47. The van der Waals surface area contributed by atoms with Crippen LogP contribution in [0.4, 0.5) is 0 Å². The lowest BCUT2D eigenvalue weighted by Gasteiger charge is -2.34. The summed E-state index contributed by atoms with van der Waals surface area (Å²) >= 11 is 1.76. The first-order valence-electron chi connectivity index (χ1n) is 8.54. The van der Waals surface area contributed by atoms with Crippen LogP contribution in [0.1, 0.15) is 22.9 Å². The van der Waals surface area contributed by atoms with Crippen molar-refractivity contribution in [2.45, 2.75) is 32.5 Å². The topological polar surface area (TPSA) is 39.7 Å². The van der Waals surface area contributed by atoms with Crippen molar-refractivity contribution < 1.29 is 0 Å². The van der Waals surface area contributed by atoms with Gasteiger partial charge >= 0.3 is 0 Å². The Labute approximate surface area is 171 Å². The molecule has 6 heteroatoms. The molecule has 1 unspecified atom stereocenters. The van der Waals surface area contributed by atoms with E-state index in [9.17, 15) is 0 Å². The summed E-state index contributed by atoms with van der Waals surface area (Å²) in [5.41, 5.74) is 2.97. The van der Waals surface area contributed by atoms with Crippen molar-refractivity contribution >= 4 is 41.3 Å². The summed E-state index contributed by atoms with van der Waals surface area (Å²) in [6.45, 7) is 6.17. The maximum atomic E-state index is 4.32. The zero-order chi connectivity index (χ0) is 16.8. The number of hydrogen-bond donors (Lipinski definition) is 2. The van der Waals surface area contributed by atoms with Gasteiger partial charge in [0.2, 0.25) is 0 Å². The molecule has 4 nitrogen and oxygen atoms in total. The van der Waals surface area contributed by atoms with Gasteiger partial charge < -0.3 is 10.6 Å². The molecule has 0 spiro atoms. The molecule has 0 saturated heterocycles. The summed E-state index contributed by atoms with van der Waals surface area (Å²) in [5, 5.41) is 8.93. The molecule has 25 heavy (non-hydrogen) atoms. The molecule has 1 aliphatic rings. The number of fused-ring (bicyclic) bond motifs is 1. The highest BCUT2D eigenvalue weighted by molar-refractivity contribution is 14.0. The molecule has 1 aromatic heterocycles. The number of aliphatic imine (C=N–C) groups is 1. The first-order chi connectivity index (χ1) is 11.8. The summed E-state index contributed by atoms with van der Waals surface area (Å²) in [7, 11) is 1.82. The Bertz CT molecular complexity index is 672. The van der Waals surface area contributed by atoms with Gasteiger partial charge in [0, 0.05) is 37.6 Å². The highest BCUT2D eigenvalue weighted by atomic mass is 127. The zero-order valence-electron chi connectivity index (χ0n) is 14.9. The van der Waals surface area contributed by atoms with Crippen molar-refractivity contribution in [2.24, 2.45) is 4.99 Å². The molecular formula is C19H27IN4S. The number of nitrogens with zero attached hydrogens (tertiary/aromatic N) is 2. The second kappa shape index (κ2) is 10.1. The first kappa shape index (κ1) is 20.2. The van der Waals surface area contributed by atoms with Crippen molar-refractivity contribution in [1.82, 2.24) is 15.5 Å². The van der Waals surface area contributed by atoms with Gasteiger partial charge in [0.05, 0.1) is 6.54 Å². The Hall–Kier alpha value is -1.12. The van der Waals surface area contributed by atoms with Crippen molar-refractivity contribution in [3.63, 3.8) is 0 Å². The van der Waals surface area contributed by atoms with Gasteiger partial charge in [0.1, 0.15) is 0 Å². The maximum absolute atomic E-state index is 4.32. The quantitative estimate of drug-likeness (QED) is 0.400. The molecule has 2 N–H and O–H groups in total. The Kier molecular flexibility index (Phi) is 8.18. The van der Waals surface area contributed by atoms with Crippen molar-refractivity contribution in [3.8, 4) is 0 Å². The molecule has 0 amide bonds. The number of nitrogens with one attached hydrogen (secondary N) is 2. The van der Waals surface area contributed by atoms with E-state index in [-0.39, 0.29) is 24.0 Å². The summed E-state index contributed by atoms with van der Waals surface area (Å²) in [5.74, 6) is 0.868. The second-order valence-corrected chi connectivity index (χ2v) is 7.26. The molecule has 0 radical (unpaired) electrons. The summed E-state index contributed by atoms with van der Waals surface area (Å²) < 4.78 is 0. The van der Waals surface area contributed by atoms with E-state index in [0.29, 0.717) is 6.04 Å². The van der Waals surface area contributed by atoms with E-state index in [0.717, 1.165) is 38.6 Å². The molecule has 2 aromatic rings. The lowest BCUT2D eigenvalue weighted by molar-refractivity contribution is 0.191. The van der Waals surface area contributed by atoms with Crippen LogP contribution in [0.15, 0.2) is 46.8 Å². The highest BCUT2D eigenvalue weighted by Gasteiger charge is 2.20. The molecule has 0 bridgehead atoms. The minimum Gasteiger partial charge on any atom is -0.355 e. The van der Waals surface area contributed by atoms with Gasteiger partial charge in [-0.3, -0.25) is 9.89 Å². The SMILES string of the molecule is CN=C(NCc1cccs1)NCC(C)N1CCc2ccccc2C1.I. The average molecular weight is 470 g/mol. The first-order valence-corrected chi connectivity index (χ1v) is 9.42. The number of benzene rings is 1. The Balaban J connectivity index is 0.00000225. The van der Waals surface area contributed by atoms with Crippen LogP contribution in [0.25, 0.3) is 0 Å². The van der Waals surface area contributed by atoms with Crippen LogP contribution in [0.2, 0.25) is 0 Å². The third kappa shape index (κ3) is 5.69. The van der Waals surface area contributed by atoms with Crippen LogP contribution >= 0.6 is 35.3 Å². The number of halogens is 1. The minimum absolute atomic E-state index is 0. The molecule has 2 heterocycles. The van der Waals surface area contributed by atoms with Crippen molar-refractivity contribution in [3.05, 3.63) is 57.8 Å². The predicted octanol–water partition coefficient (Wildman–Crippen LogP) is 3.48. The zero-order valence-corrected chi connectivity index (χ0v) is 18.0. The number of hydrogen-bond acceptors (Lipinski definition) is 3. The monoisotopic (exact) mass is 470 g/mol. The maximum Gasteiger partial charge on any atom is 0.191 e. The molecule has 3 rings (SSSR count). The van der Waals surface area contributed by atoms with Crippen LogP contribution in [0.3, 0.4) is 0 Å². The molecule has 1 aromatic carbocycles. The Morgan fingerprint density at radius 2 is 2.00 bits per heavy atom. The van der Waals surface area contributed by atoms with Gasteiger partial charge in [-0.1, -0.05) is 30.3 Å². The predicted molar refractivity (Wildman–Crippen MR) is 118 cm³/mol. The van der Waals surface area contributed by atoms with Gasteiger partial charge in [0.15, 0.2) is 5.96 Å². The standard InChI is InChI=1S/C19H26N4S.HI/c1-15(23-10-9-16-6-3-4-7-17(16)14-23)12-21-19(20-2)22-13-18-8-5-11-24-18;/h3-8,11,15H,9-10,12-14H2,1-2H3,(H2,20,21,22);1H. The van der Waals surface area contributed by atoms with E-state index >= 15 is 0 Å². The van der Waals surface area contributed by atoms with Gasteiger partial charge in [-0.25, -0.2) is 0 Å². The third-order valence-electron chi connectivity index (χ3n) is 4.58. The fourth-order valence-electron chi connectivity index (χ4n) is 3.07. The fourth-order valence-corrected chi connectivity index (χ4v) is 3.72. The van der Waals surface area contributed by atoms with E-state index < -0.39 is 0 Å². The summed E-state index contributed by atoms with van der Waals surface area (Å²) in [4.78, 5) is 8.18. The Morgan fingerprint density at radius 3 is 2.72 bits per heavy atom.